The van der Waals surface area contributed by atoms with Gasteiger partial charge in [0.1, 0.15) is 12.6 Å². The van der Waals surface area contributed by atoms with Crippen LogP contribution in [0.3, 0.4) is 0 Å². The highest BCUT2D eigenvalue weighted by Crippen LogP contribution is 2.44. The molecule has 0 heterocycles. The molecule has 2 aromatic carbocycles. The Morgan fingerprint density at radius 2 is 1.66 bits per heavy atom. The molecule has 0 fully saturated rings. The molecule has 0 radical (unpaired) electrons. The number of rotatable bonds is 13. The third-order valence-corrected chi connectivity index (χ3v) is 5.88. The zero-order chi connectivity index (χ0) is 25.2. The minimum absolute atomic E-state index is 0.0493. The van der Waals surface area contributed by atoms with E-state index in [1.54, 1.807) is 6.92 Å². The number of carbonyl (C=O) groups is 3. The maximum atomic E-state index is 12.4. The van der Waals surface area contributed by atoms with Crippen molar-refractivity contribution in [2.24, 2.45) is 0 Å². The molecule has 1 aliphatic carbocycles. The second kappa shape index (κ2) is 12.9. The Morgan fingerprint density at radius 1 is 1.03 bits per heavy atom. The van der Waals surface area contributed by atoms with Crippen LogP contribution in [0.1, 0.15) is 36.8 Å². The number of carboxylic acids is 1. The zero-order valence-electron chi connectivity index (χ0n) is 20.0. The van der Waals surface area contributed by atoms with Gasteiger partial charge in [0, 0.05) is 39.2 Å². The molecule has 0 bridgehead atoms. The average molecular weight is 485 g/mol. The second-order valence-corrected chi connectivity index (χ2v) is 8.23. The molecule has 9 heteroatoms. The number of hydrogen-bond donors (Lipinski definition) is 3. The standard InChI is InChI=1S/C26H32N2O7/c1-3-34-17(14-24(29)28-23(25(30)31)12-13-33-2)15-27-26(32)35-16-22-20-10-6-4-8-18(20)19-9-5-7-11-21(19)22/h4-11,17,22-23H,3,12-16H2,1-2H3,(H,27,32)(H,28,29)(H,30,31). The highest BCUT2D eigenvalue weighted by molar-refractivity contribution is 5.84. The smallest absolute Gasteiger partial charge is 0.407 e. The Balaban J connectivity index is 1.51. The van der Waals surface area contributed by atoms with Crippen LogP contribution in [-0.2, 0) is 23.8 Å². The third kappa shape index (κ3) is 7.03. The van der Waals surface area contributed by atoms with Gasteiger partial charge in [0.05, 0.1) is 12.5 Å². The fourth-order valence-electron chi connectivity index (χ4n) is 4.23. The fourth-order valence-corrected chi connectivity index (χ4v) is 4.23. The van der Waals surface area contributed by atoms with Gasteiger partial charge in [-0.25, -0.2) is 9.59 Å². The van der Waals surface area contributed by atoms with Gasteiger partial charge in [-0.15, -0.1) is 0 Å². The number of benzene rings is 2. The summed E-state index contributed by atoms with van der Waals surface area (Å²) in [6.45, 7) is 2.54. The van der Waals surface area contributed by atoms with Crippen LogP contribution in [0.15, 0.2) is 48.5 Å². The van der Waals surface area contributed by atoms with Gasteiger partial charge in [0.2, 0.25) is 5.91 Å². The molecule has 0 aliphatic heterocycles. The van der Waals surface area contributed by atoms with Crippen molar-refractivity contribution in [1.82, 2.24) is 10.6 Å². The summed E-state index contributed by atoms with van der Waals surface area (Å²) in [5.74, 6) is -1.68. The first-order valence-corrected chi connectivity index (χ1v) is 11.7. The third-order valence-electron chi connectivity index (χ3n) is 5.88. The molecular weight excluding hydrogens is 452 g/mol. The Bertz CT molecular complexity index is 981. The van der Waals surface area contributed by atoms with E-state index in [4.69, 9.17) is 14.2 Å². The van der Waals surface area contributed by atoms with Gasteiger partial charge in [0.25, 0.3) is 0 Å². The van der Waals surface area contributed by atoms with Gasteiger partial charge >= 0.3 is 12.1 Å². The summed E-state index contributed by atoms with van der Waals surface area (Å²) in [7, 11) is 1.46. The highest BCUT2D eigenvalue weighted by Gasteiger charge is 2.29. The second-order valence-electron chi connectivity index (χ2n) is 8.23. The number of nitrogens with one attached hydrogen (secondary N) is 2. The zero-order valence-corrected chi connectivity index (χ0v) is 20.0. The first-order valence-electron chi connectivity index (χ1n) is 11.7. The molecule has 2 atom stereocenters. The van der Waals surface area contributed by atoms with E-state index in [1.807, 2.05) is 36.4 Å². The van der Waals surface area contributed by atoms with Crippen molar-refractivity contribution in [3.63, 3.8) is 0 Å². The maximum absolute atomic E-state index is 12.4. The molecule has 0 saturated heterocycles. The van der Waals surface area contributed by atoms with Gasteiger partial charge in [-0.05, 0) is 29.2 Å². The van der Waals surface area contributed by atoms with Crippen molar-refractivity contribution in [2.75, 3.05) is 33.5 Å². The van der Waals surface area contributed by atoms with E-state index in [0.29, 0.717) is 6.61 Å². The van der Waals surface area contributed by atoms with E-state index in [0.717, 1.165) is 22.3 Å². The number of fused-ring (bicyclic) bond motifs is 3. The summed E-state index contributed by atoms with van der Waals surface area (Å²) in [5, 5.41) is 14.4. The normalized spacial score (nSPS) is 13.9. The molecule has 2 aromatic rings. The average Bonchev–Trinajstić information content (AvgIpc) is 3.17. The van der Waals surface area contributed by atoms with Crippen molar-refractivity contribution in [2.45, 2.75) is 37.8 Å². The van der Waals surface area contributed by atoms with E-state index < -0.39 is 30.1 Å². The van der Waals surface area contributed by atoms with Gasteiger partial charge in [-0.1, -0.05) is 48.5 Å². The number of methoxy groups -OCH3 is 1. The van der Waals surface area contributed by atoms with Crippen molar-refractivity contribution in [3.8, 4) is 11.1 Å². The quantitative estimate of drug-likeness (QED) is 0.399. The maximum Gasteiger partial charge on any atom is 0.407 e. The molecule has 1 aliphatic rings. The number of carbonyl (C=O) groups excluding carboxylic acids is 2. The van der Waals surface area contributed by atoms with Crippen molar-refractivity contribution >= 4 is 18.0 Å². The van der Waals surface area contributed by atoms with E-state index in [-0.39, 0.29) is 38.5 Å². The number of aliphatic carboxylic acids is 1. The fraction of sp³-hybridized carbons (Fsp3) is 0.423. The SMILES string of the molecule is CCOC(CNC(=O)OCC1c2ccccc2-c2ccccc21)CC(=O)NC(CCOC)C(=O)O. The molecule has 35 heavy (non-hydrogen) atoms. The first-order chi connectivity index (χ1) is 16.9. The van der Waals surface area contributed by atoms with Crippen molar-refractivity contribution in [3.05, 3.63) is 59.7 Å². The van der Waals surface area contributed by atoms with E-state index in [1.165, 1.54) is 7.11 Å². The predicted octanol–water partition coefficient (Wildman–Crippen LogP) is 2.93. The Hall–Kier alpha value is -3.43. The Morgan fingerprint density at radius 3 is 2.23 bits per heavy atom. The summed E-state index contributed by atoms with van der Waals surface area (Å²) in [5.41, 5.74) is 4.52. The van der Waals surface area contributed by atoms with Crippen LogP contribution in [0.4, 0.5) is 4.79 Å². The van der Waals surface area contributed by atoms with Crippen molar-refractivity contribution in [1.29, 1.82) is 0 Å². The van der Waals surface area contributed by atoms with Crippen LogP contribution in [0.2, 0.25) is 0 Å². The molecule has 0 saturated carbocycles. The summed E-state index contributed by atoms with van der Waals surface area (Å²) in [6.07, 6.45) is -1.19. The summed E-state index contributed by atoms with van der Waals surface area (Å²) < 4.78 is 16.0. The molecule has 3 rings (SSSR count). The molecule has 2 amide bonds. The minimum Gasteiger partial charge on any atom is -0.480 e. The van der Waals surface area contributed by atoms with E-state index >= 15 is 0 Å². The lowest BCUT2D eigenvalue weighted by Crippen LogP contribution is -2.44. The van der Waals surface area contributed by atoms with E-state index in [9.17, 15) is 19.5 Å². The number of ether oxygens (including phenoxy) is 3. The molecule has 3 N–H and O–H groups in total. The van der Waals surface area contributed by atoms with Gasteiger partial charge in [-0.2, -0.15) is 0 Å². The predicted molar refractivity (Wildman–Crippen MR) is 129 cm³/mol. The topological polar surface area (TPSA) is 123 Å². The van der Waals surface area contributed by atoms with Crippen LogP contribution in [0.5, 0.6) is 0 Å². The van der Waals surface area contributed by atoms with E-state index in [2.05, 4.69) is 22.8 Å². The Labute approximate surface area is 204 Å². The molecular formula is C26H32N2O7. The van der Waals surface area contributed by atoms with Crippen LogP contribution >= 0.6 is 0 Å². The monoisotopic (exact) mass is 484 g/mol. The lowest BCUT2D eigenvalue weighted by atomic mass is 9.98. The lowest BCUT2D eigenvalue weighted by Gasteiger charge is -2.20. The molecule has 0 spiro atoms. The summed E-state index contributed by atoms with van der Waals surface area (Å²) in [6, 6.07) is 15.1. The Kier molecular flexibility index (Phi) is 9.63. The van der Waals surface area contributed by atoms with Crippen LogP contribution in [-0.4, -0.2) is 68.7 Å². The number of alkyl carbamates (subject to hydrolysis) is 1. The first kappa shape index (κ1) is 26.2. The molecule has 2 unspecified atom stereocenters. The van der Waals surface area contributed by atoms with Crippen LogP contribution in [0.25, 0.3) is 11.1 Å². The number of carboxylic acid groups (broad SMARTS) is 1. The molecule has 9 nitrogen and oxygen atoms in total. The van der Waals surface area contributed by atoms with Crippen molar-refractivity contribution < 1.29 is 33.7 Å². The van der Waals surface area contributed by atoms with Gasteiger partial charge in [-0.3, -0.25) is 4.79 Å². The van der Waals surface area contributed by atoms with Crippen LogP contribution in [0, 0.1) is 0 Å². The summed E-state index contributed by atoms with van der Waals surface area (Å²) >= 11 is 0. The highest BCUT2D eigenvalue weighted by atomic mass is 16.5. The van der Waals surface area contributed by atoms with Gasteiger partial charge in [0.15, 0.2) is 0 Å². The number of hydrogen-bond acceptors (Lipinski definition) is 6. The number of amides is 2. The largest absolute Gasteiger partial charge is 0.480 e. The van der Waals surface area contributed by atoms with Crippen LogP contribution < -0.4 is 10.6 Å². The summed E-state index contributed by atoms with van der Waals surface area (Å²) in [4.78, 5) is 36.1. The van der Waals surface area contributed by atoms with Gasteiger partial charge < -0.3 is 30.0 Å². The minimum atomic E-state index is -1.14. The molecule has 0 aromatic heterocycles. The lowest BCUT2D eigenvalue weighted by molar-refractivity contribution is -0.142. The molecule has 188 valence electrons.